The Balaban J connectivity index is 1.53. The largest absolute Gasteiger partial charge is 0.368 e. The van der Waals surface area contributed by atoms with Gasteiger partial charge < -0.3 is 15.0 Å². The highest BCUT2D eigenvalue weighted by Gasteiger charge is 2.32. The molecule has 0 radical (unpaired) electrons. The van der Waals surface area contributed by atoms with Crippen molar-refractivity contribution in [2.75, 3.05) is 19.7 Å². The number of hydrogen-bond donors (Lipinski definition) is 1. The van der Waals surface area contributed by atoms with E-state index in [0.29, 0.717) is 12.6 Å². The smallest absolute Gasteiger partial charge is 0.249 e. The Morgan fingerprint density at radius 1 is 1.18 bits per heavy atom. The Morgan fingerprint density at radius 3 is 2.50 bits per heavy atom. The fourth-order valence-corrected chi connectivity index (χ4v) is 2.83. The topological polar surface area (TPSA) is 41.6 Å². The maximum atomic E-state index is 13.0. The van der Waals surface area contributed by atoms with Crippen LogP contribution in [0, 0.1) is 5.82 Å². The van der Waals surface area contributed by atoms with Crippen molar-refractivity contribution in [1.29, 1.82) is 0 Å². The van der Waals surface area contributed by atoms with Crippen LogP contribution in [0.3, 0.4) is 0 Å². The summed E-state index contributed by atoms with van der Waals surface area (Å²) in [6.45, 7) is 2.61. The van der Waals surface area contributed by atoms with Crippen molar-refractivity contribution < 1.29 is 13.9 Å². The van der Waals surface area contributed by atoms with Gasteiger partial charge in [0.1, 0.15) is 12.4 Å². The molecule has 1 heterocycles. The summed E-state index contributed by atoms with van der Waals surface area (Å²) in [5.74, 6) is -0.201. The minimum Gasteiger partial charge on any atom is -0.368 e. The van der Waals surface area contributed by atoms with E-state index in [9.17, 15) is 9.18 Å². The van der Waals surface area contributed by atoms with Gasteiger partial charge in [0.25, 0.3) is 0 Å². The fourth-order valence-electron chi connectivity index (χ4n) is 2.83. The van der Waals surface area contributed by atoms with Crippen LogP contribution in [-0.2, 0) is 16.1 Å². The zero-order valence-corrected chi connectivity index (χ0v) is 12.8. The molecule has 5 heteroatoms. The first-order valence-electron chi connectivity index (χ1n) is 8.08. The molecule has 1 saturated heterocycles. The summed E-state index contributed by atoms with van der Waals surface area (Å²) in [5.41, 5.74) is 0.962. The van der Waals surface area contributed by atoms with Gasteiger partial charge in [-0.2, -0.15) is 0 Å². The van der Waals surface area contributed by atoms with Gasteiger partial charge in [-0.1, -0.05) is 12.1 Å². The van der Waals surface area contributed by atoms with Gasteiger partial charge in [-0.15, -0.1) is 0 Å². The molecule has 0 atom stereocenters. The van der Waals surface area contributed by atoms with E-state index in [1.165, 1.54) is 12.1 Å². The summed E-state index contributed by atoms with van der Waals surface area (Å²) in [5, 5.41) is 3.28. The van der Waals surface area contributed by atoms with E-state index in [2.05, 4.69) is 5.32 Å². The Kier molecular flexibility index (Phi) is 5.05. The van der Waals surface area contributed by atoms with Gasteiger partial charge in [0.05, 0.1) is 6.10 Å². The second kappa shape index (κ2) is 7.20. The number of nitrogens with zero attached hydrogens (tertiary/aromatic N) is 1. The van der Waals surface area contributed by atoms with Crippen LogP contribution in [-0.4, -0.2) is 42.6 Å². The first-order chi connectivity index (χ1) is 10.7. The number of piperidine rings is 1. The van der Waals surface area contributed by atoms with Crippen molar-refractivity contribution in [3.8, 4) is 0 Å². The molecule has 1 aromatic rings. The van der Waals surface area contributed by atoms with Gasteiger partial charge >= 0.3 is 0 Å². The van der Waals surface area contributed by atoms with Gasteiger partial charge in [0, 0.05) is 12.6 Å². The second-order valence-corrected chi connectivity index (χ2v) is 6.14. The van der Waals surface area contributed by atoms with Crippen LogP contribution in [0.15, 0.2) is 24.3 Å². The minimum atomic E-state index is -0.248. The van der Waals surface area contributed by atoms with Crippen molar-refractivity contribution in [3.63, 3.8) is 0 Å². The standard InChI is InChI=1S/C17H23FN2O2/c18-14-3-1-13(2-4-14)11-20(15-5-6-15)17(21)12-22-16-7-9-19-10-8-16/h1-4,15-16,19H,5-12H2. The number of halogens is 1. The third-order valence-corrected chi connectivity index (χ3v) is 4.30. The predicted octanol–water partition coefficient (Wildman–Crippen LogP) is 2.09. The van der Waals surface area contributed by atoms with Crippen molar-refractivity contribution in [2.24, 2.45) is 0 Å². The number of carbonyl (C=O) groups is 1. The molecule has 1 N–H and O–H groups in total. The molecule has 1 aliphatic heterocycles. The number of amides is 1. The molecule has 2 aliphatic rings. The molecule has 1 aliphatic carbocycles. The van der Waals surface area contributed by atoms with E-state index in [-0.39, 0.29) is 24.4 Å². The molecular weight excluding hydrogens is 283 g/mol. The summed E-state index contributed by atoms with van der Waals surface area (Å²) in [6.07, 6.45) is 4.24. The zero-order valence-electron chi connectivity index (χ0n) is 12.8. The van der Waals surface area contributed by atoms with Crippen molar-refractivity contribution in [3.05, 3.63) is 35.6 Å². The Bertz CT molecular complexity index is 496. The van der Waals surface area contributed by atoms with E-state index in [1.54, 1.807) is 12.1 Å². The minimum absolute atomic E-state index is 0.0466. The SMILES string of the molecule is O=C(COC1CCNCC1)N(Cc1ccc(F)cc1)C1CC1. The molecule has 2 fully saturated rings. The summed E-state index contributed by atoms with van der Waals surface area (Å²) in [7, 11) is 0. The molecule has 0 bridgehead atoms. The lowest BCUT2D eigenvalue weighted by Gasteiger charge is -2.26. The Labute approximate surface area is 130 Å². The molecule has 1 aromatic carbocycles. The van der Waals surface area contributed by atoms with E-state index >= 15 is 0 Å². The van der Waals surface area contributed by atoms with Crippen LogP contribution in [0.1, 0.15) is 31.2 Å². The van der Waals surface area contributed by atoms with Crippen LogP contribution in [0.4, 0.5) is 4.39 Å². The number of hydrogen-bond acceptors (Lipinski definition) is 3. The number of nitrogens with one attached hydrogen (secondary N) is 1. The lowest BCUT2D eigenvalue weighted by molar-refractivity contribution is -0.140. The third-order valence-electron chi connectivity index (χ3n) is 4.30. The summed E-state index contributed by atoms with van der Waals surface area (Å²) < 4.78 is 18.7. The van der Waals surface area contributed by atoms with Crippen LogP contribution < -0.4 is 5.32 Å². The molecule has 120 valence electrons. The quantitative estimate of drug-likeness (QED) is 0.875. The van der Waals surface area contributed by atoms with Gasteiger partial charge in [-0.25, -0.2) is 4.39 Å². The van der Waals surface area contributed by atoms with Crippen LogP contribution >= 0.6 is 0 Å². The Hall–Kier alpha value is -1.46. The van der Waals surface area contributed by atoms with Crippen LogP contribution in [0.5, 0.6) is 0 Å². The van der Waals surface area contributed by atoms with Gasteiger partial charge in [-0.05, 0) is 56.5 Å². The predicted molar refractivity (Wildman–Crippen MR) is 81.8 cm³/mol. The zero-order chi connectivity index (χ0) is 15.4. The Morgan fingerprint density at radius 2 is 1.86 bits per heavy atom. The highest BCUT2D eigenvalue weighted by molar-refractivity contribution is 5.78. The molecule has 1 saturated carbocycles. The molecule has 4 nitrogen and oxygen atoms in total. The number of carbonyl (C=O) groups excluding carboxylic acids is 1. The van der Waals surface area contributed by atoms with Gasteiger partial charge in [0.15, 0.2) is 0 Å². The van der Waals surface area contributed by atoms with Crippen molar-refractivity contribution in [2.45, 2.75) is 44.4 Å². The normalized spacial score (nSPS) is 19.1. The average Bonchev–Trinajstić information content (AvgIpc) is 3.38. The molecule has 22 heavy (non-hydrogen) atoms. The molecule has 1 amide bonds. The molecule has 0 spiro atoms. The first-order valence-corrected chi connectivity index (χ1v) is 8.08. The fraction of sp³-hybridized carbons (Fsp3) is 0.588. The van der Waals surface area contributed by atoms with E-state index in [0.717, 1.165) is 44.3 Å². The highest BCUT2D eigenvalue weighted by atomic mass is 19.1. The summed E-state index contributed by atoms with van der Waals surface area (Å²) >= 11 is 0. The molecule has 3 rings (SSSR count). The maximum Gasteiger partial charge on any atom is 0.249 e. The van der Waals surface area contributed by atoms with Gasteiger partial charge in [0.2, 0.25) is 5.91 Å². The second-order valence-electron chi connectivity index (χ2n) is 6.14. The molecule has 0 aromatic heterocycles. The first kappa shape index (κ1) is 15.4. The summed E-state index contributed by atoms with van der Waals surface area (Å²) in [4.78, 5) is 14.3. The lowest BCUT2D eigenvalue weighted by atomic mass is 10.1. The van der Waals surface area contributed by atoms with Crippen molar-refractivity contribution in [1.82, 2.24) is 10.2 Å². The number of benzene rings is 1. The average molecular weight is 306 g/mol. The lowest BCUT2D eigenvalue weighted by Crippen LogP contribution is -2.38. The van der Waals surface area contributed by atoms with Crippen LogP contribution in [0.25, 0.3) is 0 Å². The molecular formula is C17H23FN2O2. The van der Waals surface area contributed by atoms with E-state index in [4.69, 9.17) is 4.74 Å². The van der Waals surface area contributed by atoms with Crippen LogP contribution in [0.2, 0.25) is 0 Å². The third kappa shape index (κ3) is 4.27. The number of rotatable bonds is 6. The van der Waals surface area contributed by atoms with E-state index in [1.807, 2.05) is 4.90 Å². The van der Waals surface area contributed by atoms with Gasteiger partial charge in [-0.3, -0.25) is 4.79 Å². The molecule has 0 unspecified atom stereocenters. The maximum absolute atomic E-state index is 13.0. The monoisotopic (exact) mass is 306 g/mol. The van der Waals surface area contributed by atoms with Crippen molar-refractivity contribution >= 4 is 5.91 Å². The van der Waals surface area contributed by atoms with E-state index < -0.39 is 0 Å². The summed E-state index contributed by atoms with van der Waals surface area (Å²) in [6, 6.07) is 6.69. The number of ether oxygens (including phenoxy) is 1. The highest BCUT2D eigenvalue weighted by Crippen LogP contribution is 2.28.